The molecule has 0 aromatic heterocycles. The van der Waals surface area contributed by atoms with E-state index in [-0.39, 0.29) is 25.2 Å². The molecule has 0 spiro atoms. The highest BCUT2D eigenvalue weighted by Crippen LogP contribution is 2.03. The molecule has 0 aliphatic rings. The molecule has 0 aliphatic carbocycles. The van der Waals surface area contributed by atoms with Gasteiger partial charge in [-0.05, 0) is 27.7 Å². The minimum atomic E-state index is 0. The summed E-state index contributed by atoms with van der Waals surface area (Å²) < 4.78 is 1.28. The van der Waals surface area contributed by atoms with Crippen LogP contribution in [0.5, 0.6) is 0 Å². The molecule has 1 nitrogen and oxygen atoms in total. The lowest BCUT2D eigenvalue weighted by Gasteiger charge is -2.34. The first-order chi connectivity index (χ1) is 4.24. The van der Waals surface area contributed by atoms with Crippen molar-refractivity contribution in [2.45, 2.75) is 27.7 Å². The van der Waals surface area contributed by atoms with Crippen LogP contribution in [-0.4, -0.2) is 55.9 Å². The summed E-state index contributed by atoms with van der Waals surface area (Å²) in [6, 6.07) is 0. The molecule has 0 unspecified atom stereocenters. The Morgan fingerprint density at radius 3 is 0.833 bits per heavy atom. The number of rotatable bonds is 4. The molecule has 0 amide bonds. The molecule has 0 saturated carbocycles. The molecule has 0 saturated heterocycles. The molecule has 0 aromatic rings. The third kappa shape index (κ3) is 5.76. The molecule has 0 atom stereocenters. The third-order valence-electron chi connectivity index (χ3n) is 2.68. The third-order valence-corrected chi connectivity index (χ3v) is 2.68. The van der Waals surface area contributed by atoms with Gasteiger partial charge in [0.05, 0.1) is 43.0 Å². The molecule has 76 valence electrons. The van der Waals surface area contributed by atoms with E-state index in [9.17, 15) is 0 Å². The molecule has 0 fully saturated rings. The maximum Gasteiger partial charge on any atom is 0.0814 e. The van der Waals surface area contributed by atoms with Crippen LogP contribution in [0, 0.1) is 0 Å². The highest BCUT2D eigenvalue weighted by atomic mass is 15.3. The van der Waals surface area contributed by atoms with E-state index in [0.29, 0.717) is 0 Å². The van der Waals surface area contributed by atoms with Crippen LogP contribution in [0.4, 0.5) is 0 Å². The average molecular weight is 173 g/mol. The Morgan fingerprint density at radius 2 is 0.833 bits per heavy atom. The standard InChI is InChI=1S/C8H20N.BH4.2BH3/c1-5-9(6-2,7-3)8-4;;;/h5-8H2,1-4H3;1H4;2*1H3/q+1;-1;;. The zero-order chi connectivity index (χ0) is 7.33. The summed E-state index contributed by atoms with van der Waals surface area (Å²) >= 11 is 0. The van der Waals surface area contributed by atoms with Crippen LogP contribution >= 0.6 is 0 Å². The Bertz CT molecular complexity index is 57.2. The van der Waals surface area contributed by atoms with Crippen LogP contribution in [0.2, 0.25) is 0 Å². The lowest BCUT2D eigenvalue weighted by atomic mass is 10.3. The molecule has 0 heterocycles. The van der Waals surface area contributed by atoms with Crippen LogP contribution in [0.1, 0.15) is 27.7 Å². The topological polar surface area (TPSA) is 0 Å². The molecule has 0 rings (SSSR count). The first-order valence-electron chi connectivity index (χ1n) is 4.09. The van der Waals surface area contributed by atoms with Crippen LogP contribution in [0.15, 0.2) is 0 Å². The normalized spacial score (nSPS) is 9.00. The van der Waals surface area contributed by atoms with E-state index in [4.69, 9.17) is 0 Å². The van der Waals surface area contributed by atoms with Crippen LogP contribution in [-0.2, 0) is 0 Å². The predicted octanol–water partition coefficient (Wildman–Crippen LogP) is -1.94. The summed E-state index contributed by atoms with van der Waals surface area (Å²) in [5.74, 6) is 0. The molecule has 12 heavy (non-hydrogen) atoms. The Labute approximate surface area is 84.2 Å². The lowest BCUT2D eigenvalue weighted by molar-refractivity contribution is -0.921. The lowest BCUT2D eigenvalue weighted by Crippen LogP contribution is -2.47. The van der Waals surface area contributed by atoms with Crippen molar-refractivity contribution in [3.05, 3.63) is 0 Å². The van der Waals surface area contributed by atoms with Gasteiger partial charge >= 0.3 is 0 Å². The van der Waals surface area contributed by atoms with Gasteiger partial charge in [-0.3, -0.25) is 0 Å². The van der Waals surface area contributed by atoms with E-state index in [2.05, 4.69) is 27.7 Å². The molecular weight excluding hydrogens is 143 g/mol. The largest absolute Gasteiger partial charge is 0.325 e. The fourth-order valence-electron chi connectivity index (χ4n) is 1.34. The minimum Gasteiger partial charge on any atom is -0.325 e. The van der Waals surface area contributed by atoms with Gasteiger partial charge in [-0.1, -0.05) is 8.41 Å². The second-order valence-electron chi connectivity index (χ2n) is 2.61. The maximum atomic E-state index is 2.27. The van der Waals surface area contributed by atoms with E-state index < -0.39 is 0 Å². The second-order valence-corrected chi connectivity index (χ2v) is 2.61. The molecule has 0 bridgehead atoms. The molecular formula is C8H30B3N. The van der Waals surface area contributed by atoms with Crippen molar-refractivity contribution in [2.24, 2.45) is 0 Å². The van der Waals surface area contributed by atoms with Crippen LogP contribution in [0.25, 0.3) is 0 Å². The Morgan fingerprint density at radius 1 is 0.667 bits per heavy atom. The van der Waals surface area contributed by atoms with Crippen molar-refractivity contribution >= 4 is 25.2 Å². The highest BCUT2D eigenvalue weighted by Gasteiger charge is 2.16. The number of hydrogen-bond acceptors (Lipinski definition) is 0. The van der Waals surface area contributed by atoms with Gasteiger partial charge < -0.3 is 4.48 Å². The summed E-state index contributed by atoms with van der Waals surface area (Å²) in [6.45, 7) is 14.2. The molecule has 0 aromatic carbocycles. The van der Waals surface area contributed by atoms with Gasteiger partial charge in [0, 0.05) is 0 Å². The smallest absolute Gasteiger partial charge is 0.0814 e. The fraction of sp³-hybridized carbons (Fsp3) is 1.00. The summed E-state index contributed by atoms with van der Waals surface area (Å²) in [5, 5.41) is 0. The molecule has 0 aliphatic heterocycles. The highest BCUT2D eigenvalue weighted by molar-refractivity contribution is 5.76. The van der Waals surface area contributed by atoms with Gasteiger partial charge in [-0.15, -0.1) is 0 Å². The zero-order valence-corrected chi connectivity index (χ0v) is 7.28. The van der Waals surface area contributed by atoms with Crippen molar-refractivity contribution in [1.82, 2.24) is 0 Å². The van der Waals surface area contributed by atoms with Gasteiger partial charge in [0.15, 0.2) is 0 Å². The Hall–Kier alpha value is 0.155. The quantitative estimate of drug-likeness (QED) is 0.342. The van der Waals surface area contributed by atoms with Gasteiger partial charge in [-0.25, -0.2) is 0 Å². The fourth-order valence-corrected chi connectivity index (χ4v) is 1.34. The van der Waals surface area contributed by atoms with Crippen LogP contribution < -0.4 is 0 Å². The average Bonchev–Trinajstić information content (AvgIpc) is 1.95. The first-order valence-corrected chi connectivity index (χ1v) is 4.09. The number of nitrogens with zero attached hydrogens (tertiary/aromatic N) is 1. The Balaban J connectivity index is -0.000000107. The van der Waals surface area contributed by atoms with Crippen molar-refractivity contribution in [3.63, 3.8) is 0 Å². The van der Waals surface area contributed by atoms with E-state index >= 15 is 0 Å². The van der Waals surface area contributed by atoms with Gasteiger partial charge in [0.25, 0.3) is 0 Å². The van der Waals surface area contributed by atoms with E-state index in [1.54, 1.807) is 0 Å². The van der Waals surface area contributed by atoms with Crippen molar-refractivity contribution in [2.75, 3.05) is 26.2 Å². The summed E-state index contributed by atoms with van der Waals surface area (Å²) in [7, 11) is 0. The second kappa shape index (κ2) is 11.2. The van der Waals surface area contributed by atoms with E-state index in [1.807, 2.05) is 0 Å². The number of hydrogen-bond donors (Lipinski definition) is 0. The van der Waals surface area contributed by atoms with E-state index in [0.717, 1.165) is 0 Å². The molecule has 4 heteroatoms. The first kappa shape index (κ1) is 22.7. The molecule has 0 N–H and O–H groups in total. The maximum absolute atomic E-state index is 2.27. The summed E-state index contributed by atoms with van der Waals surface area (Å²) in [5.41, 5.74) is 0. The molecule has 0 radical (unpaired) electrons. The van der Waals surface area contributed by atoms with Gasteiger partial charge in [0.2, 0.25) is 0 Å². The Kier molecular flexibility index (Phi) is 21.1. The predicted molar refractivity (Wildman–Crippen MR) is 73.6 cm³/mol. The monoisotopic (exact) mass is 173 g/mol. The minimum absolute atomic E-state index is 0. The van der Waals surface area contributed by atoms with Crippen molar-refractivity contribution in [1.29, 1.82) is 0 Å². The summed E-state index contributed by atoms with van der Waals surface area (Å²) in [4.78, 5) is 0. The van der Waals surface area contributed by atoms with Crippen molar-refractivity contribution < 1.29 is 4.48 Å². The van der Waals surface area contributed by atoms with E-state index in [1.165, 1.54) is 30.7 Å². The number of quaternary nitrogens is 1. The van der Waals surface area contributed by atoms with Crippen LogP contribution in [0.3, 0.4) is 0 Å². The zero-order valence-electron chi connectivity index (χ0n) is 7.28. The SMILES string of the molecule is B.B.CC[N+](CC)(CC)CC.[BH4-]. The van der Waals surface area contributed by atoms with Gasteiger partial charge in [-0.2, -0.15) is 0 Å². The van der Waals surface area contributed by atoms with Gasteiger partial charge in [0.1, 0.15) is 0 Å². The summed E-state index contributed by atoms with van der Waals surface area (Å²) in [6.07, 6.45) is 0. The van der Waals surface area contributed by atoms with Crippen molar-refractivity contribution in [3.8, 4) is 0 Å².